The predicted molar refractivity (Wildman–Crippen MR) is 259 cm³/mol. The summed E-state index contributed by atoms with van der Waals surface area (Å²) in [6, 6.07) is 67.6. The van der Waals surface area contributed by atoms with Crippen molar-refractivity contribution >= 4 is 17.1 Å². The molecule has 1 nitrogen and oxygen atoms in total. The van der Waals surface area contributed by atoms with E-state index < -0.39 is 0 Å². The van der Waals surface area contributed by atoms with Crippen molar-refractivity contribution in [2.24, 2.45) is 11.8 Å². The van der Waals surface area contributed by atoms with E-state index in [2.05, 4.69) is 209 Å². The fourth-order valence-electron chi connectivity index (χ4n) is 13.6. The van der Waals surface area contributed by atoms with E-state index in [1.165, 1.54) is 121 Å². The van der Waals surface area contributed by atoms with Gasteiger partial charge in [-0.2, -0.15) is 0 Å². The van der Waals surface area contributed by atoms with E-state index in [9.17, 15) is 0 Å². The lowest BCUT2D eigenvalue weighted by Crippen LogP contribution is -2.31. The summed E-state index contributed by atoms with van der Waals surface area (Å²) in [6.45, 7) is 9.53. The summed E-state index contributed by atoms with van der Waals surface area (Å²) in [4.78, 5) is 2.59. The van der Waals surface area contributed by atoms with Crippen LogP contribution in [0.15, 0.2) is 176 Å². The molecule has 300 valence electrons. The van der Waals surface area contributed by atoms with Crippen molar-refractivity contribution in [1.29, 1.82) is 0 Å². The highest BCUT2D eigenvalue weighted by atomic mass is 15.1. The van der Waals surface area contributed by atoms with Gasteiger partial charge in [0.1, 0.15) is 0 Å². The molecule has 13 rings (SSSR count). The van der Waals surface area contributed by atoms with E-state index in [1.807, 2.05) is 0 Å². The van der Waals surface area contributed by atoms with E-state index in [0.29, 0.717) is 5.92 Å². The molecule has 0 saturated heterocycles. The zero-order valence-electron chi connectivity index (χ0n) is 36.2. The van der Waals surface area contributed by atoms with Gasteiger partial charge in [-0.1, -0.05) is 180 Å². The fraction of sp³-hybridized carbons (Fsp3) is 0.213. The van der Waals surface area contributed by atoms with Gasteiger partial charge < -0.3 is 4.90 Å². The SMILES string of the molecule is CC1(C)c2ccccc2-c2cc(-c3ccccc3N(c3ccc4c(c3)C(C)(C)c3ccccc3-4)c3ccccc3-c3cccc4c3-c3ccccc3C43CC4CCC3C4)ccc21. The third-order valence-corrected chi connectivity index (χ3v) is 16.4. The van der Waals surface area contributed by atoms with Crippen LogP contribution in [0.2, 0.25) is 0 Å². The van der Waals surface area contributed by atoms with Crippen LogP contribution < -0.4 is 4.90 Å². The number of para-hydroxylation sites is 2. The molecule has 62 heavy (non-hydrogen) atoms. The largest absolute Gasteiger partial charge is 0.309 e. The Morgan fingerprint density at radius 1 is 0.403 bits per heavy atom. The summed E-state index contributed by atoms with van der Waals surface area (Å²) in [5, 5.41) is 0. The Hall–Kier alpha value is -6.44. The predicted octanol–water partition coefficient (Wildman–Crippen LogP) is 16.2. The summed E-state index contributed by atoms with van der Waals surface area (Å²) in [5.41, 5.74) is 25.5. The molecule has 3 unspecified atom stereocenters. The minimum absolute atomic E-state index is 0.0467. The monoisotopic (exact) mass is 797 g/mol. The summed E-state index contributed by atoms with van der Waals surface area (Å²) in [7, 11) is 0. The molecule has 0 heterocycles. The minimum Gasteiger partial charge on any atom is -0.309 e. The molecule has 0 aromatic heterocycles. The zero-order chi connectivity index (χ0) is 41.5. The highest BCUT2D eigenvalue weighted by molar-refractivity contribution is 6.01. The van der Waals surface area contributed by atoms with Gasteiger partial charge in [0, 0.05) is 33.1 Å². The van der Waals surface area contributed by atoms with Crippen LogP contribution in [0.5, 0.6) is 0 Å². The maximum atomic E-state index is 2.59. The molecule has 5 aliphatic carbocycles. The smallest absolute Gasteiger partial charge is 0.0540 e. The molecule has 2 bridgehead atoms. The van der Waals surface area contributed by atoms with Gasteiger partial charge in [0.15, 0.2) is 0 Å². The molecule has 0 N–H and O–H groups in total. The Morgan fingerprint density at radius 2 is 0.952 bits per heavy atom. The molecule has 1 heteroatoms. The number of nitrogens with zero attached hydrogens (tertiary/aromatic N) is 1. The van der Waals surface area contributed by atoms with Crippen LogP contribution in [0.4, 0.5) is 17.1 Å². The summed E-state index contributed by atoms with van der Waals surface area (Å²) in [5.74, 6) is 1.54. The molecule has 0 radical (unpaired) electrons. The molecule has 0 amide bonds. The van der Waals surface area contributed by atoms with Gasteiger partial charge in [-0.25, -0.2) is 0 Å². The molecular formula is C61H51N. The van der Waals surface area contributed by atoms with Crippen LogP contribution in [-0.2, 0) is 16.2 Å². The maximum absolute atomic E-state index is 2.59. The van der Waals surface area contributed by atoms with Gasteiger partial charge in [-0.3, -0.25) is 0 Å². The molecule has 2 saturated carbocycles. The van der Waals surface area contributed by atoms with E-state index in [1.54, 1.807) is 11.1 Å². The maximum Gasteiger partial charge on any atom is 0.0540 e. The molecule has 5 aliphatic rings. The van der Waals surface area contributed by atoms with Gasteiger partial charge in [-0.05, 0) is 139 Å². The van der Waals surface area contributed by atoms with Crippen molar-refractivity contribution in [2.45, 2.75) is 69.6 Å². The van der Waals surface area contributed by atoms with Crippen molar-refractivity contribution in [3.8, 4) is 55.6 Å². The second-order valence-electron chi connectivity index (χ2n) is 20.0. The second kappa shape index (κ2) is 12.8. The molecule has 8 aromatic carbocycles. The van der Waals surface area contributed by atoms with Gasteiger partial charge in [0.2, 0.25) is 0 Å². The minimum atomic E-state index is -0.133. The Morgan fingerprint density at radius 3 is 1.66 bits per heavy atom. The number of hydrogen-bond donors (Lipinski definition) is 0. The first-order chi connectivity index (χ1) is 30.2. The van der Waals surface area contributed by atoms with Crippen LogP contribution in [-0.4, -0.2) is 0 Å². The van der Waals surface area contributed by atoms with Crippen LogP contribution >= 0.6 is 0 Å². The first kappa shape index (κ1) is 36.2. The summed E-state index contributed by atoms with van der Waals surface area (Å²) >= 11 is 0. The topological polar surface area (TPSA) is 3.24 Å². The third-order valence-electron chi connectivity index (χ3n) is 16.4. The van der Waals surface area contributed by atoms with Gasteiger partial charge in [0.25, 0.3) is 0 Å². The lowest BCUT2D eigenvalue weighted by molar-refractivity contribution is 0.327. The Kier molecular flexibility index (Phi) is 7.48. The molecule has 0 aliphatic heterocycles. The van der Waals surface area contributed by atoms with E-state index in [0.717, 1.165) is 5.92 Å². The molecule has 8 aromatic rings. The van der Waals surface area contributed by atoms with E-state index >= 15 is 0 Å². The van der Waals surface area contributed by atoms with Gasteiger partial charge >= 0.3 is 0 Å². The van der Waals surface area contributed by atoms with Crippen LogP contribution in [0, 0.1) is 11.8 Å². The number of anilines is 3. The molecule has 2 fully saturated rings. The molecular weight excluding hydrogens is 747 g/mol. The Labute approximate surface area is 366 Å². The summed E-state index contributed by atoms with van der Waals surface area (Å²) in [6.07, 6.45) is 5.37. The molecule has 3 atom stereocenters. The first-order valence-electron chi connectivity index (χ1n) is 23.0. The number of fused-ring (bicyclic) bond motifs is 14. The second-order valence-corrected chi connectivity index (χ2v) is 20.0. The average molecular weight is 798 g/mol. The van der Waals surface area contributed by atoms with E-state index in [4.69, 9.17) is 0 Å². The van der Waals surface area contributed by atoms with Gasteiger partial charge in [0.05, 0.1) is 11.4 Å². The normalized spacial score (nSPS) is 21.0. The van der Waals surface area contributed by atoms with Crippen molar-refractivity contribution in [3.63, 3.8) is 0 Å². The van der Waals surface area contributed by atoms with Crippen molar-refractivity contribution in [3.05, 3.63) is 209 Å². The fourth-order valence-corrected chi connectivity index (χ4v) is 13.6. The molecule has 1 spiro atoms. The van der Waals surface area contributed by atoms with E-state index in [-0.39, 0.29) is 16.2 Å². The summed E-state index contributed by atoms with van der Waals surface area (Å²) < 4.78 is 0. The zero-order valence-corrected chi connectivity index (χ0v) is 36.2. The standard InChI is InChI=1S/C61H51N/c1-59(2)51-23-11-6-18-44(51)49-35-39(29-33-52(49)59)42-16-8-13-26-56(42)62(41-31-32-45-43-17-5-10-22-50(43)60(3,4)55(45)36-41)57-27-14-9-19-46(57)47-21-15-25-54-58(47)48-20-7-12-24-53(48)61(54)37-38-28-30-40(61)34-38/h5-27,29,31-33,35-36,38,40H,28,30,34,37H2,1-4H3. The van der Waals surface area contributed by atoms with Gasteiger partial charge in [-0.15, -0.1) is 0 Å². The highest BCUT2D eigenvalue weighted by Crippen LogP contribution is 2.67. The van der Waals surface area contributed by atoms with Crippen molar-refractivity contribution in [1.82, 2.24) is 0 Å². The highest BCUT2D eigenvalue weighted by Gasteiger charge is 2.57. The quantitative estimate of drug-likeness (QED) is 0.168. The lowest BCUT2D eigenvalue weighted by Gasteiger charge is -2.36. The number of hydrogen-bond acceptors (Lipinski definition) is 1. The van der Waals surface area contributed by atoms with Crippen LogP contribution in [0.25, 0.3) is 55.6 Å². The average Bonchev–Trinajstić information content (AvgIpc) is 4.10. The van der Waals surface area contributed by atoms with Crippen LogP contribution in [0.1, 0.15) is 86.8 Å². The first-order valence-corrected chi connectivity index (χ1v) is 23.0. The number of benzene rings is 8. The number of rotatable bonds is 5. The van der Waals surface area contributed by atoms with Crippen LogP contribution in [0.3, 0.4) is 0 Å². The van der Waals surface area contributed by atoms with Crippen molar-refractivity contribution in [2.75, 3.05) is 4.90 Å². The Balaban J connectivity index is 1.05. The third kappa shape index (κ3) is 4.75. The lowest BCUT2D eigenvalue weighted by atomic mass is 9.66. The van der Waals surface area contributed by atoms with Crippen molar-refractivity contribution < 1.29 is 0 Å². The Bertz CT molecular complexity index is 3180.